The Morgan fingerprint density at radius 1 is 1.20 bits per heavy atom. The Kier molecular flexibility index (Phi) is 2.68. The molecule has 0 bridgehead atoms. The van der Waals surface area contributed by atoms with Gasteiger partial charge in [0.05, 0.1) is 13.2 Å². The molecule has 10 heavy (non-hydrogen) atoms. The standard InChI is InChI=1S/C5H11BO4/c1-6-9-2-4(7)5(8)3-10-6/h4-5,7-8H,2-3H2,1H3. The van der Waals surface area contributed by atoms with Gasteiger partial charge in [0.1, 0.15) is 12.2 Å². The summed E-state index contributed by atoms with van der Waals surface area (Å²) in [4.78, 5) is 0. The van der Waals surface area contributed by atoms with Crippen LogP contribution in [0.15, 0.2) is 0 Å². The molecule has 0 radical (unpaired) electrons. The van der Waals surface area contributed by atoms with E-state index in [-0.39, 0.29) is 20.3 Å². The number of hydrogen-bond acceptors (Lipinski definition) is 4. The predicted octanol–water partition coefficient (Wildman–Crippen LogP) is -1.13. The number of hydrogen-bond donors (Lipinski definition) is 2. The summed E-state index contributed by atoms with van der Waals surface area (Å²) in [7, 11) is -0.327. The Bertz CT molecular complexity index is 97.8. The maximum Gasteiger partial charge on any atom is 0.453 e. The molecular formula is C5H11BO4. The molecule has 2 N–H and O–H groups in total. The van der Waals surface area contributed by atoms with Crippen molar-refractivity contribution in [2.45, 2.75) is 19.0 Å². The summed E-state index contributed by atoms with van der Waals surface area (Å²) >= 11 is 0. The first-order valence-corrected chi connectivity index (χ1v) is 3.29. The maximum absolute atomic E-state index is 9.02. The second kappa shape index (κ2) is 3.34. The third-order valence-electron chi connectivity index (χ3n) is 1.45. The van der Waals surface area contributed by atoms with Crippen LogP contribution in [0.25, 0.3) is 0 Å². The summed E-state index contributed by atoms with van der Waals surface area (Å²) in [6, 6.07) is 0. The summed E-state index contributed by atoms with van der Waals surface area (Å²) < 4.78 is 9.91. The van der Waals surface area contributed by atoms with E-state index in [1.807, 2.05) is 0 Å². The van der Waals surface area contributed by atoms with Crippen molar-refractivity contribution in [3.8, 4) is 0 Å². The third-order valence-corrected chi connectivity index (χ3v) is 1.45. The molecular weight excluding hydrogens is 135 g/mol. The van der Waals surface area contributed by atoms with Gasteiger partial charge in [-0.15, -0.1) is 0 Å². The van der Waals surface area contributed by atoms with E-state index in [2.05, 4.69) is 0 Å². The molecule has 5 heteroatoms. The van der Waals surface area contributed by atoms with Crippen LogP contribution in [0.2, 0.25) is 6.82 Å². The molecule has 4 nitrogen and oxygen atoms in total. The van der Waals surface area contributed by atoms with Crippen LogP contribution in [0.3, 0.4) is 0 Å². The van der Waals surface area contributed by atoms with Gasteiger partial charge in [-0.25, -0.2) is 0 Å². The summed E-state index contributed by atoms with van der Waals surface area (Å²) in [5.74, 6) is 0. The molecule has 1 heterocycles. The van der Waals surface area contributed by atoms with Gasteiger partial charge in [-0.1, -0.05) is 0 Å². The largest absolute Gasteiger partial charge is 0.453 e. The molecule has 2 unspecified atom stereocenters. The number of aliphatic hydroxyl groups is 2. The van der Waals surface area contributed by atoms with Gasteiger partial charge in [0, 0.05) is 0 Å². The van der Waals surface area contributed by atoms with Crippen LogP contribution in [0.5, 0.6) is 0 Å². The highest BCUT2D eigenvalue weighted by molar-refractivity contribution is 6.42. The molecule has 0 aromatic heterocycles. The first-order valence-electron chi connectivity index (χ1n) is 3.29. The Labute approximate surface area is 59.9 Å². The molecule has 1 aliphatic heterocycles. The minimum absolute atomic E-state index is 0.141. The van der Waals surface area contributed by atoms with Crippen molar-refractivity contribution < 1.29 is 19.5 Å². The minimum Gasteiger partial charge on any atom is -0.409 e. The fourth-order valence-electron chi connectivity index (χ4n) is 0.738. The maximum atomic E-state index is 9.02. The zero-order valence-corrected chi connectivity index (χ0v) is 5.86. The average molecular weight is 146 g/mol. The molecule has 0 amide bonds. The van der Waals surface area contributed by atoms with Gasteiger partial charge in [-0.05, 0) is 6.82 Å². The monoisotopic (exact) mass is 146 g/mol. The molecule has 0 aromatic rings. The topological polar surface area (TPSA) is 58.9 Å². The quantitative estimate of drug-likeness (QED) is 0.424. The second-order valence-electron chi connectivity index (χ2n) is 2.37. The molecule has 1 aliphatic rings. The van der Waals surface area contributed by atoms with Gasteiger partial charge in [-0.3, -0.25) is 0 Å². The lowest BCUT2D eigenvalue weighted by Crippen LogP contribution is -2.30. The summed E-state index contributed by atoms with van der Waals surface area (Å²) in [5.41, 5.74) is 0. The van der Waals surface area contributed by atoms with Gasteiger partial charge in [0.2, 0.25) is 0 Å². The van der Waals surface area contributed by atoms with Gasteiger partial charge < -0.3 is 19.5 Å². The van der Waals surface area contributed by atoms with Crippen LogP contribution in [0.4, 0.5) is 0 Å². The zero-order valence-electron chi connectivity index (χ0n) is 5.86. The number of aliphatic hydroxyl groups excluding tert-OH is 2. The second-order valence-corrected chi connectivity index (χ2v) is 2.37. The van der Waals surface area contributed by atoms with Crippen molar-refractivity contribution in [3.05, 3.63) is 0 Å². The van der Waals surface area contributed by atoms with Crippen LogP contribution in [-0.2, 0) is 9.31 Å². The van der Waals surface area contributed by atoms with E-state index in [0.29, 0.717) is 0 Å². The first kappa shape index (κ1) is 8.01. The highest BCUT2D eigenvalue weighted by Crippen LogP contribution is 2.03. The third kappa shape index (κ3) is 1.95. The van der Waals surface area contributed by atoms with E-state index in [0.717, 1.165) is 0 Å². The predicted molar refractivity (Wildman–Crippen MR) is 35.5 cm³/mol. The van der Waals surface area contributed by atoms with Crippen LogP contribution in [0.1, 0.15) is 0 Å². The van der Waals surface area contributed by atoms with E-state index in [1.165, 1.54) is 0 Å². The van der Waals surface area contributed by atoms with Crippen molar-refractivity contribution in [2.75, 3.05) is 13.2 Å². The van der Waals surface area contributed by atoms with Crippen LogP contribution in [-0.4, -0.2) is 42.8 Å². The minimum atomic E-state index is -0.815. The van der Waals surface area contributed by atoms with Crippen molar-refractivity contribution in [1.82, 2.24) is 0 Å². The van der Waals surface area contributed by atoms with E-state index in [9.17, 15) is 0 Å². The molecule has 0 saturated carbocycles. The van der Waals surface area contributed by atoms with Gasteiger partial charge in [0.25, 0.3) is 0 Å². The van der Waals surface area contributed by atoms with Crippen molar-refractivity contribution >= 4 is 7.12 Å². The molecule has 2 atom stereocenters. The zero-order chi connectivity index (χ0) is 7.56. The lowest BCUT2D eigenvalue weighted by Gasteiger charge is -2.11. The molecule has 1 fully saturated rings. The average Bonchev–Trinajstić information content (AvgIpc) is 2.04. The van der Waals surface area contributed by atoms with Gasteiger partial charge in [-0.2, -0.15) is 0 Å². The smallest absolute Gasteiger partial charge is 0.409 e. The first-order chi connectivity index (χ1) is 4.70. The van der Waals surface area contributed by atoms with Crippen molar-refractivity contribution in [1.29, 1.82) is 0 Å². The van der Waals surface area contributed by atoms with Gasteiger partial charge >= 0.3 is 7.12 Å². The SMILES string of the molecule is CB1OCC(O)C(O)CO1. The van der Waals surface area contributed by atoms with Crippen LogP contribution >= 0.6 is 0 Å². The fraction of sp³-hybridized carbons (Fsp3) is 1.00. The van der Waals surface area contributed by atoms with Crippen molar-refractivity contribution in [2.24, 2.45) is 0 Å². The van der Waals surface area contributed by atoms with E-state index in [1.54, 1.807) is 6.82 Å². The van der Waals surface area contributed by atoms with Gasteiger partial charge in [0.15, 0.2) is 0 Å². The lowest BCUT2D eigenvalue weighted by atomic mass is 9.96. The van der Waals surface area contributed by atoms with E-state index >= 15 is 0 Å². The Morgan fingerprint density at radius 3 is 2.00 bits per heavy atom. The van der Waals surface area contributed by atoms with Crippen LogP contribution in [0, 0.1) is 0 Å². The summed E-state index contributed by atoms with van der Waals surface area (Å²) in [6.45, 7) is 2.01. The fourth-order valence-corrected chi connectivity index (χ4v) is 0.738. The Balaban J connectivity index is 2.38. The summed E-state index contributed by atoms with van der Waals surface area (Å²) in [5, 5.41) is 18.0. The number of rotatable bonds is 0. The van der Waals surface area contributed by atoms with E-state index < -0.39 is 12.2 Å². The van der Waals surface area contributed by atoms with Crippen molar-refractivity contribution in [3.63, 3.8) is 0 Å². The molecule has 58 valence electrons. The molecule has 1 saturated heterocycles. The molecule has 1 rings (SSSR count). The molecule has 0 spiro atoms. The Morgan fingerprint density at radius 2 is 1.60 bits per heavy atom. The normalized spacial score (nSPS) is 35.7. The summed E-state index contributed by atoms with van der Waals surface area (Å²) in [6.07, 6.45) is -1.63. The Hall–Kier alpha value is -0.0951. The van der Waals surface area contributed by atoms with E-state index in [4.69, 9.17) is 19.5 Å². The highest BCUT2D eigenvalue weighted by Gasteiger charge is 2.25. The van der Waals surface area contributed by atoms with Crippen LogP contribution < -0.4 is 0 Å². The highest BCUT2D eigenvalue weighted by atomic mass is 16.6. The molecule has 0 aromatic carbocycles. The molecule has 0 aliphatic carbocycles. The lowest BCUT2D eigenvalue weighted by molar-refractivity contribution is -0.00896.